The van der Waals surface area contributed by atoms with E-state index in [0.717, 1.165) is 35.4 Å². The van der Waals surface area contributed by atoms with E-state index in [4.69, 9.17) is 9.94 Å². The summed E-state index contributed by atoms with van der Waals surface area (Å²) in [5.74, 6) is -2.07. The maximum absolute atomic E-state index is 13.2. The lowest BCUT2D eigenvalue weighted by molar-refractivity contribution is -0.136. The summed E-state index contributed by atoms with van der Waals surface area (Å²) in [5.41, 5.74) is 5.38. The Kier molecular flexibility index (Phi) is 13.2. The number of piperidine rings is 1. The van der Waals surface area contributed by atoms with E-state index in [1.54, 1.807) is 81.8 Å². The van der Waals surface area contributed by atoms with Crippen LogP contribution in [0, 0.1) is 0 Å². The molecule has 0 bridgehead atoms. The van der Waals surface area contributed by atoms with Gasteiger partial charge in [-0.05, 0) is 85.8 Å². The van der Waals surface area contributed by atoms with E-state index < -0.39 is 35.6 Å². The quantitative estimate of drug-likeness (QED) is 0.0418. The van der Waals surface area contributed by atoms with Crippen molar-refractivity contribution >= 4 is 46.9 Å². The second-order valence-corrected chi connectivity index (χ2v) is 13.8. The fraction of sp³-hybridized carbons (Fsp3) is 0.350. The molecule has 3 heterocycles. The second kappa shape index (κ2) is 18.8. The number of nitrogens with zero attached hydrogens (tertiary/aromatic N) is 5. The number of urea groups is 1. The molecule has 2 aliphatic rings. The fourth-order valence-corrected chi connectivity index (χ4v) is 6.55. The molecule has 0 radical (unpaired) electrons. The normalized spacial score (nSPS) is 14.9. The molecule has 1 fully saturated rings. The number of carbonyl (C=O) groups excluding carboxylic acids is 6. The molecular weight excluding hydrogens is 734 g/mol. The highest BCUT2D eigenvalue weighted by atomic mass is 16.5. The van der Waals surface area contributed by atoms with Crippen molar-refractivity contribution in [2.24, 2.45) is 0 Å². The van der Waals surface area contributed by atoms with Gasteiger partial charge in [0.05, 0.1) is 23.4 Å². The van der Waals surface area contributed by atoms with Gasteiger partial charge in [0.25, 0.3) is 17.7 Å². The molecule has 0 spiro atoms. The maximum atomic E-state index is 13.2. The first-order valence-electron chi connectivity index (χ1n) is 18.9. The predicted molar refractivity (Wildman–Crippen MR) is 207 cm³/mol. The van der Waals surface area contributed by atoms with E-state index in [0.29, 0.717) is 68.3 Å². The van der Waals surface area contributed by atoms with Gasteiger partial charge in [0, 0.05) is 62.2 Å². The number of amides is 7. The van der Waals surface area contributed by atoms with Crippen LogP contribution >= 0.6 is 0 Å². The average molecular weight is 780 g/mol. The number of unbranched alkanes of at least 4 members (excludes halogenated alkanes) is 1. The van der Waals surface area contributed by atoms with Crippen LogP contribution in [0.15, 0.2) is 72.9 Å². The number of nitrogens with one attached hydrogen (secondary N) is 4. The molecule has 7 amide bonds. The molecular formula is C40H45N9O8. The van der Waals surface area contributed by atoms with Crippen LogP contribution in [0.2, 0.25) is 0 Å². The number of benzene rings is 3. The molecule has 0 aliphatic carbocycles. The minimum Gasteiger partial charge on any atom is -0.494 e. The van der Waals surface area contributed by atoms with Crippen LogP contribution in [0.25, 0.3) is 0 Å². The van der Waals surface area contributed by atoms with Gasteiger partial charge in [-0.3, -0.25) is 44.1 Å². The number of fused-ring (bicyclic) bond motifs is 1. The molecule has 2 aliphatic heterocycles. The molecule has 17 nitrogen and oxygen atoms in total. The largest absolute Gasteiger partial charge is 0.494 e. The Morgan fingerprint density at radius 2 is 1.70 bits per heavy atom. The van der Waals surface area contributed by atoms with Gasteiger partial charge in [-0.15, -0.1) is 5.10 Å². The summed E-state index contributed by atoms with van der Waals surface area (Å²) in [7, 11) is 0. The van der Waals surface area contributed by atoms with Crippen LogP contribution in [-0.2, 0) is 29.1 Å². The summed E-state index contributed by atoms with van der Waals surface area (Å²) in [5, 5.41) is 25.8. The van der Waals surface area contributed by atoms with Crippen molar-refractivity contribution in [3.05, 3.63) is 101 Å². The van der Waals surface area contributed by atoms with Gasteiger partial charge in [-0.25, -0.2) is 10.3 Å². The minimum atomic E-state index is -1.00. The minimum absolute atomic E-state index is 0.0668. The first-order chi connectivity index (χ1) is 27.6. The highest BCUT2D eigenvalue weighted by Gasteiger charge is 2.44. The number of carbonyl (C=O) groups is 6. The van der Waals surface area contributed by atoms with Crippen molar-refractivity contribution in [2.75, 3.05) is 30.3 Å². The molecule has 1 aromatic heterocycles. The van der Waals surface area contributed by atoms with Gasteiger partial charge in [0.1, 0.15) is 11.8 Å². The monoisotopic (exact) mass is 779 g/mol. The lowest BCUT2D eigenvalue weighted by atomic mass is 10.0. The topological polar surface area (TPSA) is 217 Å². The Morgan fingerprint density at radius 1 is 0.947 bits per heavy atom. The fourth-order valence-electron chi connectivity index (χ4n) is 6.55. The zero-order chi connectivity index (χ0) is 40.3. The molecule has 17 heteroatoms. The standard InChI is InChI=1S/C40H45N9O8/c1-2-3-20-47(24-26-7-9-27(10-8-26)36(51)45-56)40(55)42-28-11-14-31(15-12-28)57-22-5-21-48-25-30(44-46-48)6-4-19-41-29-13-16-32-33(23-29)39(54)49(38(32)53)34-17-18-35(50)43-37(34)52/h7-16,23,25,34,41,56H,2-6,17-22,24H2,1H3,(H,42,55)(H,45,51)(H,43,50,52). The smallest absolute Gasteiger partial charge is 0.322 e. The van der Waals surface area contributed by atoms with Gasteiger partial charge in [-0.1, -0.05) is 30.7 Å². The lowest BCUT2D eigenvalue weighted by Gasteiger charge is -2.27. The Morgan fingerprint density at radius 3 is 2.44 bits per heavy atom. The van der Waals surface area contributed by atoms with E-state index in [-0.39, 0.29) is 30.0 Å². The zero-order valence-corrected chi connectivity index (χ0v) is 31.5. The Balaban J connectivity index is 0.889. The summed E-state index contributed by atoms with van der Waals surface area (Å²) < 4.78 is 7.68. The average Bonchev–Trinajstić information content (AvgIpc) is 3.77. The highest BCUT2D eigenvalue weighted by molar-refractivity contribution is 6.23. The molecule has 0 saturated carbocycles. The third-order valence-electron chi connectivity index (χ3n) is 9.63. The molecule has 57 heavy (non-hydrogen) atoms. The number of hydrogen-bond donors (Lipinski definition) is 5. The summed E-state index contributed by atoms with van der Waals surface area (Å²) in [6.45, 7) is 4.63. The molecule has 4 aromatic rings. The lowest BCUT2D eigenvalue weighted by Crippen LogP contribution is -2.54. The van der Waals surface area contributed by atoms with E-state index in [9.17, 15) is 28.8 Å². The number of imide groups is 2. The van der Waals surface area contributed by atoms with Gasteiger partial charge < -0.3 is 20.3 Å². The van der Waals surface area contributed by atoms with Crippen molar-refractivity contribution in [3.8, 4) is 5.75 Å². The number of aromatic nitrogens is 3. The van der Waals surface area contributed by atoms with Crippen LogP contribution in [-0.4, -0.2) is 91.3 Å². The van der Waals surface area contributed by atoms with E-state index in [1.807, 2.05) is 6.20 Å². The Labute approximate surface area is 328 Å². The summed E-state index contributed by atoms with van der Waals surface area (Å²) in [4.78, 5) is 77.3. The number of hydrogen-bond acceptors (Lipinski definition) is 11. The first-order valence-corrected chi connectivity index (χ1v) is 18.9. The summed E-state index contributed by atoms with van der Waals surface area (Å²) in [6.07, 6.45) is 5.94. The van der Waals surface area contributed by atoms with Crippen molar-refractivity contribution in [1.82, 2.24) is 35.6 Å². The number of hydroxylamine groups is 1. The van der Waals surface area contributed by atoms with E-state index in [1.165, 1.54) is 0 Å². The van der Waals surface area contributed by atoms with E-state index in [2.05, 4.69) is 33.2 Å². The van der Waals surface area contributed by atoms with Crippen LogP contribution in [0.3, 0.4) is 0 Å². The van der Waals surface area contributed by atoms with Crippen LogP contribution in [0.4, 0.5) is 16.2 Å². The zero-order valence-electron chi connectivity index (χ0n) is 31.5. The van der Waals surface area contributed by atoms with Crippen molar-refractivity contribution in [2.45, 2.75) is 71.0 Å². The van der Waals surface area contributed by atoms with Crippen LogP contribution in [0.1, 0.15) is 87.8 Å². The summed E-state index contributed by atoms with van der Waals surface area (Å²) >= 11 is 0. The van der Waals surface area contributed by atoms with Gasteiger partial charge in [0.15, 0.2) is 0 Å². The second-order valence-electron chi connectivity index (χ2n) is 13.8. The van der Waals surface area contributed by atoms with Gasteiger partial charge >= 0.3 is 6.03 Å². The third-order valence-corrected chi connectivity index (χ3v) is 9.63. The number of aryl methyl sites for hydroxylation is 2. The number of ether oxygens (including phenoxy) is 1. The number of anilines is 2. The predicted octanol–water partition coefficient (Wildman–Crippen LogP) is 4.15. The van der Waals surface area contributed by atoms with E-state index >= 15 is 0 Å². The molecule has 5 N–H and O–H groups in total. The van der Waals surface area contributed by atoms with Crippen molar-refractivity contribution < 1.29 is 38.7 Å². The maximum Gasteiger partial charge on any atom is 0.322 e. The van der Waals surface area contributed by atoms with Gasteiger partial charge in [-0.2, -0.15) is 0 Å². The molecule has 1 atom stereocenters. The van der Waals surface area contributed by atoms with Crippen LogP contribution < -0.4 is 26.2 Å². The summed E-state index contributed by atoms with van der Waals surface area (Å²) in [6, 6.07) is 17.5. The molecule has 1 unspecified atom stereocenters. The van der Waals surface area contributed by atoms with Crippen molar-refractivity contribution in [1.29, 1.82) is 0 Å². The van der Waals surface area contributed by atoms with Crippen LogP contribution in [0.5, 0.6) is 5.75 Å². The van der Waals surface area contributed by atoms with Crippen molar-refractivity contribution in [3.63, 3.8) is 0 Å². The SMILES string of the molecule is CCCCN(Cc1ccc(C(=O)NO)cc1)C(=O)Nc1ccc(OCCCn2cc(CCCNc3ccc4c(c3)C(=O)N(C3CCC(=O)NC3=O)C4=O)nn2)cc1. The molecule has 1 saturated heterocycles. The molecule has 6 rings (SSSR count). The molecule has 298 valence electrons. The first kappa shape index (κ1) is 40.1. The Hall–Kier alpha value is -6.62. The highest BCUT2D eigenvalue weighted by Crippen LogP contribution is 2.29. The Bertz CT molecular complexity index is 2100. The van der Waals surface area contributed by atoms with Gasteiger partial charge in [0.2, 0.25) is 11.8 Å². The number of rotatable bonds is 18. The third kappa shape index (κ3) is 10.2. The molecule has 3 aromatic carbocycles.